The van der Waals surface area contributed by atoms with Crippen molar-refractivity contribution in [3.63, 3.8) is 0 Å². The molecular weight excluding hydrogens is 396 g/mol. The first-order valence-corrected chi connectivity index (χ1v) is 8.49. The summed E-state index contributed by atoms with van der Waals surface area (Å²) in [7, 11) is 0. The monoisotopic (exact) mass is 410 g/mol. The molecule has 3 rings (SSSR count). The van der Waals surface area contributed by atoms with E-state index in [9.17, 15) is 29.8 Å². The van der Waals surface area contributed by atoms with E-state index in [1.165, 1.54) is 24.3 Å². The molecule has 30 heavy (non-hydrogen) atoms. The Morgan fingerprint density at radius 2 is 1.60 bits per heavy atom. The van der Waals surface area contributed by atoms with Gasteiger partial charge in [0.15, 0.2) is 0 Å². The number of nitro groups is 2. The Morgan fingerprint density at radius 3 is 2.27 bits per heavy atom. The van der Waals surface area contributed by atoms with Crippen LogP contribution >= 0.6 is 0 Å². The van der Waals surface area contributed by atoms with Crippen molar-refractivity contribution in [2.75, 3.05) is 0 Å². The van der Waals surface area contributed by atoms with Gasteiger partial charge in [0.2, 0.25) is 0 Å². The third kappa shape index (κ3) is 4.65. The van der Waals surface area contributed by atoms with Crippen molar-refractivity contribution < 1.29 is 14.6 Å². The van der Waals surface area contributed by atoms with E-state index in [2.05, 4.69) is 4.98 Å². The van der Waals surface area contributed by atoms with Crippen molar-refractivity contribution in [3.05, 3.63) is 106 Å². The molecule has 1 aromatic heterocycles. The zero-order chi connectivity index (χ0) is 21.7. The Morgan fingerprint density at radius 1 is 0.900 bits per heavy atom. The lowest BCUT2D eigenvalue weighted by molar-refractivity contribution is -0.386. The summed E-state index contributed by atoms with van der Waals surface area (Å²) in [5.74, 6) is 0.432. The topological polar surface area (TPSA) is 161 Å². The van der Waals surface area contributed by atoms with Crippen LogP contribution in [0.2, 0.25) is 0 Å². The minimum atomic E-state index is -1.11. The van der Waals surface area contributed by atoms with Gasteiger partial charge >= 0.3 is 16.9 Å². The normalized spacial score (nSPS) is 10.8. The predicted molar refractivity (Wildman–Crippen MR) is 107 cm³/mol. The van der Waals surface area contributed by atoms with Crippen LogP contribution in [-0.4, -0.2) is 19.8 Å². The number of nitrogens with one attached hydrogen (secondary N) is 2. The maximum Gasteiger partial charge on any atom is 0.357 e. The summed E-state index contributed by atoms with van der Waals surface area (Å²) in [4.78, 5) is 47.6. The highest BCUT2D eigenvalue weighted by Crippen LogP contribution is 2.23. The van der Waals surface area contributed by atoms with Crippen LogP contribution in [0.15, 0.2) is 58.1 Å². The third-order valence-corrected chi connectivity index (χ3v) is 4.02. The fourth-order valence-electron chi connectivity index (χ4n) is 2.60. The molecule has 0 saturated carbocycles. The van der Waals surface area contributed by atoms with E-state index < -0.39 is 26.8 Å². The number of nitrogens with zero attached hydrogens (tertiary/aromatic N) is 2. The summed E-state index contributed by atoms with van der Waals surface area (Å²) in [6, 6.07) is 12.7. The van der Waals surface area contributed by atoms with Crippen LogP contribution in [0.3, 0.4) is 0 Å². The first kappa shape index (κ1) is 20.2. The number of aromatic nitrogens is 2. The van der Waals surface area contributed by atoms with Crippen molar-refractivity contribution in [1.82, 2.24) is 9.97 Å². The highest BCUT2D eigenvalue weighted by molar-refractivity contribution is 5.74. The molecular formula is C19H14N4O7. The Balaban J connectivity index is 1.84. The van der Waals surface area contributed by atoms with E-state index in [1.807, 2.05) is 4.98 Å². The average molecular weight is 410 g/mol. The maximum absolute atomic E-state index is 11.7. The molecule has 0 amide bonds. The Hall–Kier alpha value is -4.54. The summed E-state index contributed by atoms with van der Waals surface area (Å²) in [5.41, 5.74) is -1.80. The molecule has 11 heteroatoms. The fourth-order valence-corrected chi connectivity index (χ4v) is 2.60. The molecule has 0 saturated heterocycles. The highest BCUT2D eigenvalue weighted by Gasteiger charge is 2.18. The van der Waals surface area contributed by atoms with Crippen LogP contribution in [-0.2, 0) is 6.61 Å². The summed E-state index contributed by atoms with van der Waals surface area (Å²) in [6.45, 7) is 0.130. The largest absolute Gasteiger partial charge is 0.488 e. The maximum atomic E-state index is 11.7. The van der Waals surface area contributed by atoms with Gasteiger partial charge in [-0.2, -0.15) is 0 Å². The van der Waals surface area contributed by atoms with Gasteiger partial charge in [0.05, 0.1) is 9.85 Å². The van der Waals surface area contributed by atoms with Gasteiger partial charge in [0, 0.05) is 17.7 Å². The summed E-state index contributed by atoms with van der Waals surface area (Å²) >= 11 is 0. The van der Waals surface area contributed by atoms with Crippen molar-refractivity contribution in [1.29, 1.82) is 0 Å². The number of aromatic amines is 2. The van der Waals surface area contributed by atoms with Gasteiger partial charge in [-0.05, 0) is 35.9 Å². The number of ether oxygens (including phenoxy) is 1. The van der Waals surface area contributed by atoms with Crippen LogP contribution in [0.4, 0.5) is 11.4 Å². The van der Waals surface area contributed by atoms with Gasteiger partial charge < -0.3 is 9.72 Å². The van der Waals surface area contributed by atoms with Gasteiger partial charge in [0.1, 0.15) is 18.1 Å². The van der Waals surface area contributed by atoms with Gasteiger partial charge in [-0.15, -0.1) is 0 Å². The Bertz CT molecular complexity index is 1240. The lowest BCUT2D eigenvalue weighted by Crippen LogP contribution is -2.25. The second-order valence-corrected chi connectivity index (χ2v) is 6.01. The first-order valence-electron chi connectivity index (χ1n) is 8.49. The van der Waals surface area contributed by atoms with Crippen molar-refractivity contribution in [3.8, 4) is 5.75 Å². The predicted octanol–water partition coefficient (Wildman–Crippen LogP) is 2.63. The molecule has 0 atom stereocenters. The third-order valence-electron chi connectivity index (χ3n) is 4.02. The molecule has 152 valence electrons. The minimum Gasteiger partial charge on any atom is -0.488 e. The number of H-pyrrole nitrogens is 2. The van der Waals surface area contributed by atoms with Gasteiger partial charge in [-0.3, -0.25) is 30.0 Å². The fraction of sp³-hybridized carbons (Fsp3) is 0.0526. The second-order valence-electron chi connectivity index (χ2n) is 6.01. The molecule has 0 spiro atoms. The Kier molecular flexibility index (Phi) is 5.82. The highest BCUT2D eigenvalue weighted by atomic mass is 16.6. The van der Waals surface area contributed by atoms with E-state index in [-0.39, 0.29) is 18.0 Å². The molecule has 0 bridgehead atoms. The van der Waals surface area contributed by atoms with Crippen LogP contribution in [0.25, 0.3) is 12.2 Å². The summed E-state index contributed by atoms with van der Waals surface area (Å²) in [6.07, 6.45) is 2.70. The Labute approximate surface area is 167 Å². The SMILES string of the molecule is O=c1[nH]c(/C=C/c2ccccc2OCc2ccc([N+](=O)[O-])cc2)c([N+](=O)[O-])c(=O)[nH]1. The number of hydrogen-bond acceptors (Lipinski definition) is 7. The zero-order valence-corrected chi connectivity index (χ0v) is 15.2. The second kappa shape index (κ2) is 8.65. The molecule has 1 heterocycles. The van der Waals surface area contributed by atoms with E-state index >= 15 is 0 Å². The van der Waals surface area contributed by atoms with Crippen molar-refractivity contribution in [2.24, 2.45) is 0 Å². The van der Waals surface area contributed by atoms with Crippen LogP contribution in [0, 0.1) is 20.2 Å². The van der Waals surface area contributed by atoms with Crippen molar-refractivity contribution >= 4 is 23.5 Å². The number of para-hydroxylation sites is 1. The average Bonchev–Trinajstić information content (AvgIpc) is 2.70. The molecule has 0 fully saturated rings. The number of rotatable bonds is 7. The molecule has 0 aliphatic carbocycles. The molecule has 3 aromatic rings. The molecule has 0 aliphatic heterocycles. The lowest BCUT2D eigenvalue weighted by atomic mass is 10.1. The molecule has 0 radical (unpaired) electrons. The summed E-state index contributed by atoms with van der Waals surface area (Å²) < 4.78 is 5.74. The number of benzene rings is 2. The van der Waals surface area contributed by atoms with E-state index in [1.54, 1.807) is 36.4 Å². The zero-order valence-electron chi connectivity index (χ0n) is 15.2. The molecule has 0 aliphatic rings. The van der Waals surface area contributed by atoms with Crippen LogP contribution < -0.4 is 16.0 Å². The molecule has 2 N–H and O–H groups in total. The first-order chi connectivity index (χ1) is 14.3. The van der Waals surface area contributed by atoms with E-state index in [0.29, 0.717) is 16.9 Å². The number of nitro benzene ring substituents is 1. The van der Waals surface area contributed by atoms with Gasteiger partial charge in [-0.1, -0.05) is 18.2 Å². The van der Waals surface area contributed by atoms with Gasteiger partial charge in [-0.25, -0.2) is 4.79 Å². The van der Waals surface area contributed by atoms with Crippen LogP contribution in [0.5, 0.6) is 5.75 Å². The number of non-ortho nitro benzene ring substituents is 1. The standard InChI is InChI=1S/C19H14N4O7/c24-18-17(23(28)29)15(20-19(25)21-18)10-7-13-3-1-2-4-16(13)30-11-12-5-8-14(9-6-12)22(26)27/h1-10H,11H2,(H2,20,21,24,25)/b10-7+. The quantitative estimate of drug-likeness (QED) is 0.447. The van der Waals surface area contributed by atoms with Crippen molar-refractivity contribution in [2.45, 2.75) is 6.61 Å². The molecule has 11 nitrogen and oxygen atoms in total. The smallest absolute Gasteiger partial charge is 0.357 e. The number of hydrogen-bond donors (Lipinski definition) is 2. The molecule has 0 unspecified atom stereocenters. The molecule has 2 aromatic carbocycles. The lowest BCUT2D eigenvalue weighted by Gasteiger charge is -2.09. The van der Waals surface area contributed by atoms with E-state index in [0.717, 1.165) is 0 Å². The van der Waals surface area contributed by atoms with Crippen LogP contribution in [0.1, 0.15) is 16.8 Å². The minimum absolute atomic E-state index is 0.0319. The van der Waals surface area contributed by atoms with E-state index in [4.69, 9.17) is 4.74 Å². The summed E-state index contributed by atoms with van der Waals surface area (Å²) in [5, 5.41) is 21.8. The van der Waals surface area contributed by atoms with Gasteiger partial charge in [0.25, 0.3) is 5.69 Å².